The molecule has 0 radical (unpaired) electrons. The van der Waals surface area contributed by atoms with E-state index in [4.69, 9.17) is 9.47 Å². The lowest BCUT2D eigenvalue weighted by molar-refractivity contribution is 0.0845. The Labute approximate surface area is 95.4 Å². The van der Waals surface area contributed by atoms with Gasteiger partial charge in [0.1, 0.15) is 11.5 Å². The first-order chi connectivity index (χ1) is 7.76. The van der Waals surface area contributed by atoms with Gasteiger partial charge in [0.15, 0.2) is 6.10 Å². The molecule has 0 aromatic heterocycles. The van der Waals surface area contributed by atoms with Crippen LogP contribution in [0.15, 0.2) is 18.2 Å². The Bertz CT molecular complexity index is 398. The molecule has 2 rings (SSSR count). The van der Waals surface area contributed by atoms with Gasteiger partial charge in [-0.15, -0.1) is 0 Å². The van der Waals surface area contributed by atoms with E-state index in [0.29, 0.717) is 17.9 Å². The number of hydrogen-bond donors (Lipinski definition) is 0. The van der Waals surface area contributed by atoms with E-state index in [0.717, 1.165) is 18.6 Å². The van der Waals surface area contributed by atoms with Crippen LogP contribution in [0.2, 0.25) is 0 Å². The first-order valence-electron chi connectivity index (χ1n) is 5.74. The molecule has 0 spiro atoms. The number of benzene rings is 1. The Balaban J connectivity index is 2.23. The highest BCUT2D eigenvalue weighted by Crippen LogP contribution is 2.33. The maximum absolute atomic E-state index is 12.0. The highest BCUT2D eigenvalue weighted by Gasteiger charge is 2.31. The van der Waals surface area contributed by atoms with E-state index in [9.17, 15) is 4.79 Å². The van der Waals surface area contributed by atoms with Gasteiger partial charge >= 0.3 is 0 Å². The molecular formula is C13H16O3. The van der Waals surface area contributed by atoms with Crippen molar-refractivity contribution in [1.29, 1.82) is 0 Å². The second-order valence-corrected chi connectivity index (χ2v) is 3.85. The zero-order valence-electron chi connectivity index (χ0n) is 9.66. The average molecular weight is 220 g/mol. The molecule has 1 aromatic carbocycles. The maximum Gasteiger partial charge on any atom is 0.207 e. The highest BCUT2D eigenvalue weighted by molar-refractivity contribution is 6.04. The van der Waals surface area contributed by atoms with Crippen molar-refractivity contribution in [2.24, 2.45) is 0 Å². The van der Waals surface area contributed by atoms with Crippen molar-refractivity contribution in [3.05, 3.63) is 23.8 Å². The molecule has 3 heteroatoms. The van der Waals surface area contributed by atoms with Crippen molar-refractivity contribution in [2.75, 3.05) is 6.61 Å². The third-order valence-electron chi connectivity index (χ3n) is 2.64. The third kappa shape index (κ3) is 1.90. The molecule has 0 saturated carbocycles. The third-order valence-corrected chi connectivity index (χ3v) is 2.64. The molecule has 0 fully saturated rings. The monoisotopic (exact) mass is 220 g/mol. The van der Waals surface area contributed by atoms with Gasteiger partial charge in [0, 0.05) is 0 Å². The van der Waals surface area contributed by atoms with Crippen LogP contribution in [0.5, 0.6) is 11.5 Å². The lowest BCUT2D eigenvalue weighted by atomic mass is 10.1. The Morgan fingerprint density at radius 2 is 2.19 bits per heavy atom. The number of hydrogen-bond acceptors (Lipinski definition) is 3. The fraction of sp³-hybridized carbons (Fsp3) is 0.462. The summed E-state index contributed by atoms with van der Waals surface area (Å²) in [5.41, 5.74) is 0.657. The summed E-state index contributed by atoms with van der Waals surface area (Å²) in [5, 5.41) is 0. The number of Topliss-reactive ketones (excluding diaryl/α,β-unsaturated/α-hetero) is 1. The van der Waals surface area contributed by atoms with Crippen LogP contribution in [0.3, 0.4) is 0 Å². The van der Waals surface area contributed by atoms with Gasteiger partial charge in [0.05, 0.1) is 12.2 Å². The summed E-state index contributed by atoms with van der Waals surface area (Å²) < 4.78 is 11.0. The second-order valence-electron chi connectivity index (χ2n) is 3.85. The van der Waals surface area contributed by atoms with E-state index in [2.05, 4.69) is 0 Å². The van der Waals surface area contributed by atoms with E-state index in [1.54, 1.807) is 6.07 Å². The van der Waals surface area contributed by atoms with Crippen LogP contribution in [0.4, 0.5) is 0 Å². The van der Waals surface area contributed by atoms with Crippen molar-refractivity contribution in [3.63, 3.8) is 0 Å². The SMILES string of the molecule is CCCC1Oc2ccc(OCC)cc2C1=O. The minimum absolute atomic E-state index is 0.0819. The maximum atomic E-state index is 12.0. The molecule has 0 saturated heterocycles. The van der Waals surface area contributed by atoms with Crippen molar-refractivity contribution < 1.29 is 14.3 Å². The van der Waals surface area contributed by atoms with Gasteiger partial charge < -0.3 is 9.47 Å². The Morgan fingerprint density at radius 3 is 2.88 bits per heavy atom. The number of ether oxygens (including phenoxy) is 2. The first kappa shape index (κ1) is 11.0. The molecular weight excluding hydrogens is 204 g/mol. The molecule has 0 amide bonds. The fourth-order valence-corrected chi connectivity index (χ4v) is 1.89. The lowest BCUT2D eigenvalue weighted by Crippen LogP contribution is -2.19. The molecule has 0 aliphatic carbocycles. The fourth-order valence-electron chi connectivity index (χ4n) is 1.89. The minimum atomic E-state index is -0.295. The standard InChI is InChI=1S/C13H16O3/c1-3-5-12-13(14)10-8-9(15-4-2)6-7-11(10)16-12/h6-8,12H,3-5H2,1-2H3. The van der Waals surface area contributed by atoms with E-state index >= 15 is 0 Å². The van der Waals surface area contributed by atoms with Crippen molar-refractivity contribution in [1.82, 2.24) is 0 Å². The Morgan fingerprint density at radius 1 is 1.38 bits per heavy atom. The average Bonchev–Trinajstić information content (AvgIpc) is 2.58. The van der Waals surface area contributed by atoms with Crippen molar-refractivity contribution in [2.45, 2.75) is 32.8 Å². The Hall–Kier alpha value is -1.51. The number of rotatable bonds is 4. The molecule has 1 unspecified atom stereocenters. The van der Waals surface area contributed by atoms with Gasteiger partial charge in [0.2, 0.25) is 5.78 Å². The number of fused-ring (bicyclic) bond motifs is 1. The molecule has 1 atom stereocenters. The Kier molecular flexibility index (Phi) is 3.13. The molecule has 1 aromatic rings. The summed E-state index contributed by atoms with van der Waals surface area (Å²) in [6.45, 7) is 4.57. The second kappa shape index (κ2) is 4.56. The lowest BCUT2D eigenvalue weighted by Gasteiger charge is -2.06. The molecule has 0 bridgehead atoms. The number of carbonyl (C=O) groups is 1. The van der Waals surface area contributed by atoms with Gasteiger partial charge in [-0.1, -0.05) is 13.3 Å². The summed E-state index contributed by atoms with van der Waals surface area (Å²) in [6, 6.07) is 5.43. The van der Waals surface area contributed by atoms with Gasteiger partial charge in [-0.05, 0) is 31.5 Å². The first-order valence-corrected chi connectivity index (χ1v) is 5.74. The molecule has 86 valence electrons. The quantitative estimate of drug-likeness (QED) is 0.782. The molecule has 1 aliphatic heterocycles. The smallest absolute Gasteiger partial charge is 0.207 e. The number of carbonyl (C=O) groups excluding carboxylic acids is 1. The van der Waals surface area contributed by atoms with Gasteiger partial charge in [-0.2, -0.15) is 0 Å². The summed E-state index contributed by atoms with van der Waals surface area (Å²) in [4.78, 5) is 12.0. The summed E-state index contributed by atoms with van der Waals surface area (Å²) in [7, 11) is 0. The summed E-state index contributed by atoms with van der Waals surface area (Å²) >= 11 is 0. The summed E-state index contributed by atoms with van der Waals surface area (Å²) in [5.74, 6) is 1.50. The van der Waals surface area contributed by atoms with E-state index in [1.807, 2.05) is 26.0 Å². The summed E-state index contributed by atoms with van der Waals surface area (Å²) in [6.07, 6.45) is 1.43. The topological polar surface area (TPSA) is 35.5 Å². The van der Waals surface area contributed by atoms with Crippen LogP contribution in [0.25, 0.3) is 0 Å². The highest BCUT2D eigenvalue weighted by atomic mass is 16.5. The predicted molar refractivity (Wildman–Crippen MR) is 61.3 cm³/mol. The van der Waals surface area contributed by atoms with Gasteiger partial charge in [-0.25, -0.2) is 0 Å². The van der Waals surface area contributed by atoms with Gasteiger partial charge in [0.25, 0.3) is 0 Å². The number of ketones is 1. The molecule has 16 heavy (non-hydrogen) atoms. The zero-order chi connectivity index (χ0) is 11.5. The molecule has 0 N–H and O–H groups in total. The van der Waals surface area contributed by atoms with Crippen LogP contribution in [-0.2, 0) is 0 Å². The van der Waals surface area contributed by atoms with Crippen LogP contribution in [-0.4, -0.2) is 18.5 Å². The molecule has 3 nitrogen and oxygen atoms in total. The van der Waals surface area contributed by atoms with Crippen LogP contribution in [0, 0.1) is 0 Å². The van der Waals surface area contributed by atoms with Crippen molar-refractivity contribution >= 4 is 5.78 Å². The zero-order valence-corrected chi connectivity index (χ0v) is 9.66. The van der Waals surface area contributed by atoms with Crippen molar-refractivity contribution in [3.8, 4) is 11.5 Å². The van der Waals surface area contributed by atoms with Gasteiger partial charge in [-0.3, -0.25) is 4.79 Å². The minimum Gasteiger partial charge on any atom is -0.494 e. The largest absolute Gasteiger partial charge is 0.494 e. The van der Waals surface area contributed by atoms with E-state index < -0.39 is 0 Å². The molecule has 1 aliphatic rings. The molecule has 1 heterocycles. The van der Waals surface area contributed by atoms with Crippen LogP contribution >= 0.6 is 0 Å². The van der Waals surface area contributed by atoms with E-state index in [-0.39, 0.29) is 11.9 Å². The predicted octanol–water partition coefficient (Wildman–Crippen LogP) is 2.83. The van der Waals surface area contributed by atoms with Crippen LogP contribution < -0.4 is 9.47 Å². The normalized spacial score (nSPS) is 18.1. The van der Waals surface area contributed by atoms with Crippen LogP contribution in [0.1, 0.15) is 37.0 Å². The van der Waals surface area contributed by atoms with E-state index in [1.165, 1.54) is 0 Å².